The van der Waals surface area contributed by atoms with Gasteiger partial charge >= 0.3 is 0 Å². The molecule has 0 N–H and O–H groups in total. The molecule has 0 aromatic heterocycles. The van der Waals surface area contributed by atoms with E-state index < -0.39 is 0 Å². The Morgan fingerprint density at radius 1 is 1.27 bits per heavy atom. The van der Waals surface area contributed by atoms with Crippen molar-refractivity contribution in [2.24, 2.45) is 11.8 Å². The van der Waals surface area contributed by atoms with Gasteiger partial charge in [-0.25, -0.2) is 0 Å². The van der Waals surface area contributed by atoms with Crippen LogP contribution >= 0.6 is 0 Å². The van der Waals surface area contributed by atoms with Crippen LogP contribution in [0.3, 0.4) is 0 Å². The number of hydrogen-bond donors (Lipinski definition) is 0. The molecule has 80 valence electrons. The molecule has 1 aromatic rings. The summed E-state index contributed by atoms with van der Waals surface area (Å²) in [7, 11) is 0. The smallest absolute Gasteiger partial charge is 0.136 e. The van der Waals surface area contributed by atoms with Gasteiger partial charge in [-0.2, -0.15) is 0 Å². The van der Waals surface area contributed by atoms with Crippen LogP contribution in [0.4, 0.5) is 0 Å². The van der Waals surface area contributed by atoms with Crippen molar-refractivity contribution < 1.29 is 4.79 Å². The van der Waals surface area contributed by atoms with Crippen molar-refractivity contribution in [3.63, 3.8) is 0 Å². The number of rotatable bonds is 2. The Morgan fingerprint density at radius 2 is 2.00 bits per heavy atom. The molecule has 15 heavy (non-hydrogen) atoms. The fraction of sp³-hybridized carbons (Fsp3) is 0.500. The molecule has 0 aliphatic heterocycles. The Kier molecular flexibility index (Phi) is 3.20. The van der Waals surface area contributed by atoms with Crippen molar-refractivity contribution in [2.75, 3.05) is 0 Å². The van der Waals surface area contributed by atoms with E-state index in [1.54, 1.807) is 0 Å². The maximum Gasteiger partial charge on any atom is 0.136 e. The molecule has 1 aliphatic carbocycles. The van der Waals surface area contributed by atoms with Crippen LogP contribution in [0.15, 0.2) is 30.3 Å². The normalized spacial score (nSPS) is 26.6. The van der Waals surface area contributed by atoms with E-state index in [1.165, 1.54) is 12.0 Å². The number of ketones is 1. The molecule has 0 spiro atoms. The van der Waals surface area contributed by atoms with Crippen LogP contribution in [0.1, 0.15) is 31.7 Å². The molecule has 1 aliphatic rings. The van der Waals surface area contributed by atoms with Crippen LogP contribution < -0.4 is 0 Å². The summed E-state index contributed by atoms with van der Waals surface area (Å²) in [5.74, 6) is 1.30. The van der Waals surface area contributed by atoms with E-state index in [4.69, 9.17) is 0 Å². The van der Waals surface area contributed by atoms with Crippen molar-refractivity contribution in [3.05, 3.63) is 35.9 Å². The topological polar surface area (TPSA) is 17.1 Å². The molecule has 0 amide bonds. The highest BCUT2D eigenvalue weighted by molar-refractivity contribution is 5.82. The van der Waals surface area contributed by atoms with Gasteiger partial charge in [0.1, 0.15) is 5.78 Å². The highest BCUT2D eigenvalue weighted by atomic mass is 16.1. The monoisotopic (exact) mass is 202 g/mol. The van der Waals surface area contributed by atoms with Gasteiger partial charge in [0, 0.05) is 12.3 Å². The second-order valence-corrected chi connectivity index (χ2v) is 4.63. The minimum Gasteiger partial charge on any atom is -0.299 e. The molecule has 1 heteroatoms. The van der Waals surface area contributed by atoms with E-state index in [-0.39, 0.29) is 5.92 Å². The van der Waals surface area contributed by atoms with Gasteiger partial charge in [-0.05, 0) is 30.7 Å². The van der Waals surface area contributed by atoms with E-state index in [0.29, 0.717) is 11.7 Å². The number of Topliss-reactive ketones (excluding diaryl/α,β-unsaturated/α-hetero) is 1. The first-order chi connectivity index (χ1) is 7.27. The zero-order valence-electron chi connectivity index (χ0n) is 9.28. The first-order valence-corrected chi connectivity index (χ1v) is 5.84. The average molecular weight is 202 g/mol. The molecule has 0 radical (unpaired) electrons. The summed E-state index contributed by atoms with van der Waals surface area (Å²) in [6.07, 6.45) is 4.03. The van der Waals surface area contributed by atoms with Crippen molar-refractivity contribution >= 4 is 5.78 Å². The van der Waals surface area contributed by atoms with Gasteiger partial charge in [0.2, 0.25) is 0 Å². The zero-order valence-corrected chi connectivity index (χ0v) is 9.28. The van der Waals surface area contributed by atoms with Crippen LogP contribution in [0.25, 0.3) is 0 Å². The van der Waals surface area contributed by atoms with E-state index in [9.17, 15) is 4.79 Å². The highest BCUT2D eigenvalue weighted by Gasteiger charge is 2.28. The SMILES string of the molecule is C[C@H]1CCCC(=O)[C@H]1Cc1ccccc1. The third-order valence-corrected chi connectivity index (χ3v) is 3.48. The standard InChI is InChI=1S/C14H18O/c1-11-6-5-9-14(15)13(11)10-12-7-3-2-4-8-12/h2-4,7-8,11,13H,5-6,9-10H2,1H3/t11-,13-/m0/s1. The van der Waals surface area contributed by atoms with Gasteiger partial charge in [0.25, 0.3) is 0 Å². The average Bonchev–Trinajstić information content (AvgIpc) is 2.25. The predicted octanol–water partition coefficient (Wildman–Crippen LogP) is 3.23. The Morgan fingerprint density at radius 3 is 2.67 bits per heavy atom. The Labute approximate surface area is 91.5 Å². The molecule has 0 heterocycles. The van der Waals surface area contributed by atoms with E-state index in [0.717, 1.165) is 19.3 Å². The number of hydrogen-bond acceptors (Lipinski definition) is 1. The zero-order chi connectivity index (χ0) is 10.7. The fourth-order valence-electron chi connectivity index (χ4n) is 2.49. The summed E-state index contributed by atoms with van der Waals surface area (Å²) in [6.45, 7) is 2.21. The molecular formula is C14H18O. The van der Waals surface area contributed by atoms with E-state index >= 15 is 0 Å². The van der Waals surface area contributed by atoms with Crippen LogP contribution in [0, 0.1) is 11.8 Å². The third-order valence-electron chi connectivity index (χ3n) is 3.48. The molecular weight excluding hydrogens is 184 g/mol. The largest absolute Gasteiger partial charge is 0.299 e. The van der Waals surface area contributed by atoms with E-state index in [1.807, 2.05) is 18.2 Å². The minimum atomic E-state index is 0.265. The van der Waals surface area contributed by atoms with Crippen LogP contribution in [-0.4, -0.2) is 5.78 Å². The summed E-state index contributed by atoms with van der Waals surface area (Å²) in [5.41, 5.74) is 1.30. The predicted molar refractivity (Wildman–Crippen MR) is 61.7 cm³/mol. The molecule has 1 nitrogen and oxygen atoms in total. The summed E-state index contributed by atoms with van der Waals surface area (Å²) < 4.78 is 0. The van der Waals surface area contributed by atoms with E-state index in [2.05, 4.69) is 19.1 Å². The first-order valence-electron chi connectivity index (χ1n) is 5.84. The van der Waals surface area contributed by atoms with Gasteiger partial charge in [0.15, 0.2) is 0 Å². The lowest BCUT2D eigenvalue weighted by molar-refractivity contribution is -0.126. The van der Waals surface area contributed by atoms with Crippen LogP contribution in [-0.2, 0) is 11.2 Å². The molecule has 1 fully saturated rings. The molecule has 0 bridgehead atoms. The maximum atomic E-state index is 11.8. The van der Waals surface area contributed by atoms with Crippen molar-refractivity contribution in [1.29, 1.82) is 0 Å². The molecule has 0 saturated heterocycles. The second-order valence-electron chi connectivity index (χ2n) is 4.63. The Balaban J connectivity index is 2.07. The fourth-order valence-corrected chi connectivity index (χ4v) is 2.49. The van der Waals surface area contributed by atoms with Crippen molar-refractivity contribution in [3.8, 4) is 0 Å². The first kappa shape index (κ1) is 10.4. The minimum absolute atomic E-state index is 0.265. The number of carbonyl (C=O) groups is 1. The summed E-state index contributed by atoms with van der Waals surface area (Å²) >= 11 is 0. The molecule has 0 unspecified atom stereocenters. The summed E-state index contributed by atoms with van der Waals surface area (Å²) in [5, 5.41) is 0. The number of benzene rings is 1. The third kappa shape index (κ3) is 2.47. The highest BCUT2D eigenvalue weighted by Crippen LogP contribution is 2.29. The number of carbonyl (C=O) groups excluding carboxylic acids is 1. The summed E-state index contributed by atoms with van der Waals surface area (Å²) in [6, 6.07) is 10.4. The molecule has 2 atom stereocenters. The van der Waals surface area contributed by atoms with Crippen LogP contribution in [0.5, 0.6) is 0 Å². The molecule has 1 aromatic carbocycles. The van der Waals surface area contributed by atoms with Gasteiger partial charge in [-0.1, -0.05) is 37.3 Å². The lowest BCUT2D eigenvalue weighted by atomic mass is 9.76. The maximum absolute atomic E-state index is 11.8. The summed E-state index contributed by atoms with van der Waals surface area (Å²) in [4.78, 5) is 11.8. The van der Waals surface area contributed by atoms with Gasteiger partial charge in [-0.3, -0.25) is 4.79 Å². The van der Waals surface area contributed by atoms with Crippen LogP contribution in [0.2, 0.25) is 0 Å². The van der Waals surface area contributed by atoms with Gasteiger partial charge < -0.3 is 0 Å². The van der Waals surface area contributed by atoms with Gasteiger partial charge in [-0.15, -0.1) is 0 Å². The molecule has 1 saturated carbocycles. The lowest BCUT2D eigenvalue weighted by Gasteiger charge is -2.27. The van der Waals surface area contributed by atoms with Gasteiger partial charge in [0.05, 0.1) is 0 Å². The Hall–Kier alpha value is -1.11. The Bertz CT molecular complexity index is 328. The quantitative estimate of drug-likeness (QED) is 0.719. The van der Waals surface area contributed by atoms with Crippen molar-refractivity contribution in [2.45, 2.75) is 32.6 Å². The van der Waals surface area contributed by atoms with Crippen molar-refractivity contribution in [1.82, 2.24) is 0 Å². The molecule has 2 rings (SSSR count). The second kappa shape index (κ2) is 4.61. The lowest BCUT2D eigenvalue weighted by Crippen LogP contribution is -2.28.